The summed E-state index contributed by atoms with van der Waals surface area (Å²) in [5.74, 6) is 1.21. The molecular weight excluding hydrogens is 258 g/mol. The minimum Gasteiger partial charge on any atom is -0.360 e. The lowest BCUT2D eigenvalue weighted by molar-refractivity contribution is 0.0914. The van der Waals surface area contributed by atoms with Crippen molar-refractivity contribution in [3.05, 3.63) is 29.8 Å². The number of carbonyl (C=O) groups is 1. The lowest BCUT2D eigenvalue weighted by Crippen LogP contribution is -2.41. The zero-order chi connectivity index (χ0) is 14.8. The number of nitrogens with one attached hydrogen (secondary N) is 2. The van der Waals surface area contributed by atoms with Crippen LogP contribution in [0.4, 0.5) is 11.8 Å². The Hall–Kier alpha value is -2.44. The van der Waals surface area contributed by atoms with Gasteiger partial charge in [-0.3, -0.25) is 4.79 Å². The van der Waals surface area contributed by atoms with Gasteiger partial charge in [-0.1, -0.05) is 5.16 Å². The fourth-order valence-electron chi connectivity index (χ4n) is 1.49. The predicted molar refractivity (Wildman–Crippen MR) is 73.8 cm³/mol. The standard InChI is InChI=1S/C13H17N5O2/c1-8-7-10(18-20-8)16-12-14-6-5-9(15-12)11(19)17-13(2,3)4/h5-7H,1-4H3,(H,17,19)(H,14,15,16,18). The van der Waals surface area contributed by atoms with E-state index >= 15 is 0 Å². The summed E-state index contributed by atoms with van der Waals surface area (Å²) in [6.07, 6.45) is 1.51. The van der Waals surface area contributed by atoms with Crippen molar-refractivity contribution in [2.45, 2.75) is 33.2 Å². The normalized spacial score (nSPS) is 11.2. The molecule has 20 heavy (non-hydrogen) atoms. The number of nitrogens with zero attached hydrogens (tertiary/aromatic N) is 3. The van der Waals surface area contributed by atoms with Gasteiger partial charge in [-0.25, -0.2) is 9.97 Å². The summed E-state index contributed by atoms with van der Waals surface area (Å²) < 4.78 is 4.93. The molecule has 7 heteroatoms. The highest BCUT2D eigenvalue weighted by Crippen LogP contribution is 2.12. The molecular formula is C13H17N5O2. The van der Waals surface area contributed by atoms with E-state index in [1.54, 1.807) is 19.1 Å². The quantitative estimate of drug-likeness (QED) is 0.890. The van der Waals surface area contributed by atoms with Crippen LogP contribution in [0.2, 0.25) is 0 Å². The molecule has 0 saturated carbocycles. The minimum atomic E-state index is -0.321. The summed E-state index contributed by atoms with van der Waals surface area (Å²) in [4.78, 5) is 20.2. The molecule has 106 valence electrons. The average Bonchev–Trinajstić information content (AvgIpc) is 2.73. The zero-order valence-electron chi connectivity index (χ0n) is 11.9. The molecule has 0 aliphatic rings. The summed E-state index contributed by atoms with van der Waals surface area (Å²) in [5.41, 5.74) is -0.0311. The number of carbonyl (C=O) groups excluding carboxylic acids is 1. The number of hydrogen-bond donors (Lipinski definition) is 2. The molecule has 0 radical (unpaired) electrons. The number of amides is 1. The van der Waals surface area contributed by atoms with Crippen LogP contribution in [0.3, 0.4) is 0 Å². The Morgan fingerprint density at radius 3 is 2.70 bits per heavy atom. The Bertz CT molecular complexity index is 615. The molecule has 0 saturated heterocycles. The van der Waals surface area contributed by atoms with Crippen molar-refractivity contribution in [3.63, 3.8) is 0 Å². The van der Waals surface area contributed by atoms with Gasteiger partial charge in [0.1, 0.15) is 11.5 Å². The van der Waals surface area contributed by atoms with Crippen LogP contribution in [0.15, 0.2) is 22.9 Å². The lowest BCUT2D eigenvalue weighted by atomic mass is 10.1. The second-order valence-electron chi connectivity index (χ2n) is 5.42. The van der Waals surface area contributed by atoms with Crippen LogP contribution in [0.5, 0.6) is 0 Å². The van der Waals surface area contributed by atoms with Crippen molar-refractivity contribution in [1.29, 1.82) is 0 Å². The molecule has 2 heterocycles. The molecule has 1 amide bonds. The van der Waals surface area contributed by atoms with Gasteiger partial charge in [0.25, 0.3) is 5.91 Å². The maximum Gasteiger partial charge on any atom is 0.270 e. The van der Waals surface area contributed by atoms with E-state index < -0.39 is 0 Å². The lowest BCUT2D eigenvalue weighted by Gasteiger charge is -2.20. The summed E-state index contributed by atoms with van der Waals surface area (Å²) in [6, 6.07) is 3.27. The van der Waals surface area contributed by atoms with E-state index in [4.69, 9.17) is 4.52 Å². The van der Waals surface area contributed by atoms with Crippen molar-refractivity contribution >= 4 is 17.7 Å². The van der Waals surface area contributed by atoms with Crippen molar-refractivity contribution in [3.8, 4) is 0 Å². The Morgan fingerprint density at radius 2 is 2.10 bits per heavy atom. The van der Waals surface area contributed by atoms with Gasteiger partial charge < -0.3 is 15.2 Å². The third kappa shape index (κ3) is 3.78. The molecule has 0 fully saturated rings. The topological polar surface area (TPSA) is 92.9 Å². The van der Waals surface area contributed by atoms with Gasteiger partial charge in [0.05, 0.1) is 0 Å². The average molecular weight is 275 g/mol. The molecule has 0 bridgehead atoms. The molecule has 0 atom stereocenters. The van der Waals surface area contributed by atoms with Crippen LogP contribution in [0.25, 0.3) is 0 Å². The first-order valence-electron chi connectivity index (χ1n) is 6.19. The Kier molecular flexibility index (Phi) is 3.69. The summed E-state index contributed by atoms with van der Waals surface area (Å²) >= 11 is 0. The van der Waals surface area contributed by atoms with Gasteiger partial charge in [-0.15, -0.1) is 0 Å². The molecule has 0 unspecified atom stereocenters. The van der Waals surface area contributed by atoms with Crippen LogP contribution < -0.4 is 10.6 Å². The highest BCUT2D eigenvalue weighted by Gasteiger charge is 2.17. The Morgan fingerprint density at radius 1 is 1.35 bits per heavy atom. The van der Waals surface area contributed by atoms with E-state index in [1.165, 1.54) is 6.20 Å². The van der Waals surface area contributed by atoms with Crippen LogP contribution in [-0.2, 0) is 0 Å². The second-order valence-corrected chi connectivity index (χ2v) is 5.42. The van der Waals surface area contributed by atoms with Crippen molar-refractivity contribution < 1.29 is 9.32 Å². The largest absolute Gasteiger partial charge is 0.360 e. The molecule has 0 aliphatic carbocycles. The van der Waals surface area contributed by atoms with Crippen molar-refractivity contribution in [1.82, 2.24) is 20.4 Å². The maximum atomic E-state index is 12.0. The van der Waals surface area contributed by atoms with E-state index in [0.717, 1.165) is 0 Å². The highest BCUT2D eigenvalue weighted by atomic mass is 16.5. The van der Waals surface area contributed by atoms with Crippen LogP contribution >= 0.6 is 0 Å². The van der Waals surface area contributed by atoms with Crippen LogP contribution in [0.1, 0.15) is 37.0 Å². The van der Waals surface area contributed by atoms with E-state index in [1.807, 2.05) is 20.8 Å². The van der Waals surface area contributed by atoms with Gasteiger partial charge in [-0.05, 0) is 33.8 Å². The molecule has 0 aromatic carbocycles. The second kappa shape index (κ2) is 5.28. The van der Waals surface area contributed by atoms with Gasteiger partial charge >= 0.3 is 0 Å². The highest BCUT2D eigenvalue weighted by molar-refractivity contribution is 5.92. The molecule has 7 nitrogen and oxygen atoms in total. The molecule has 2 N–H and O–H groups in total. The smallest absolute Gasteiger partial charge is 0.270 e. The van der Waals surface area contributed by atoms with Crippen molar-refractivity contribution in [2.75, 3.05) is 5.32 Å². The fourth-order valence-corrected chi connectivity index (χ4v) is 1.49. The maximum absolute atomic E-state index is 12.0. The van der Waals surface area contributed by atoms with Crippen LogP contribution in [-0.4, -0.2) is 26.6 Å². The number of anilines is 2. The van der Waals surface area contributed by atoms with Gasteiger partial charge in [-0.2, -0.15) is 0 Å². The number of aryl methyl sites for hydroxylation is 1. The summed E-state index contributed by atoms with van der Waals surface area (Å²) in [6.45, 7) is 7.50. The van der Waals surface area contributed by atoms with E-state index in [2.05, 4.69) is 25.8 Å². The predicted octanol–water partition coefficient (Wildman–Crippen LogP) is 2.04. The number of rotatable bonds is 3. The van der Waals surface area contributed by atoms with Gasteiger partial charge in [0.15, 0.2) is 5.82 Å². The molecule has 0 aliphatic heterocycles. The van der Waals surface area contributed by atoms with E-state index in [9.17, 15) is 4.79 Å². The van der Waals surface area contributed by atoms with Crippen molar-refractivity contribution in [2.24, 2.45) is 0 Å². The number of aromatic nitrogens is 3. The fraction of sp³-hybridized carbons (Fsp3) is 0.385. The first kappa shape index (κ1) is 14.0. The third-order valence-corrected chi connectivity index (χ3v) is 2.24. The Balaban J connectivity index is 2.13. The molecule has 2 aromatic heterocycles. The molecule has 2 rings (SSSR count). The van der Waals surface area contributed by atoms with Gasteiger partial charge in [0.2, 0.25) is 5.95 Å². The first-order chi connectivity index (χ1) is 9.33. The summed E-state index contributed by atoms with van der Waals surface area (Å²) in [5, 5.41) is 9.49. The number of hydrogen-bond acceptors (Lipinski definition) is 6. The SMILES string of the molecule is Cc1cc(Nc2nccc(C(=O)NC(C)(C)C)n2)no1. The van der Waals surface area contributed by atoms with Gasteiger partial charge in [0, 0.05) is 17.8 Å². The first-order valence-corrected chi connectivity index (χ1v) is 6.19. The molecule has 0 spiro atoms. The monoisotopic (exact) mass is 275 g/mol. The Labute approximate surface area is 116 Å². The van der Waals surface area contributed by atoms with Crippen LogP contribution in [0, 0.1) is 6.92 Å². The zero-order valence-corrected chi connectivity index (χ0v) is 11.9. The third-order valence-electron chi connectivity index (χ3n) is 2.24. The van der Waals surface area contributed by atoms with E-state index in [0.29, 0.717) is 17.5 Å². The van der Waals surface area contributed by atoms with E-state index in [-0.39, 0.29) is 17.1 Å². The molecule has 2 aromatic rings. The summed E-state index contributed by atoms with van der Waals surface area (Å²) in [7, 11) is 0. The minimum absolute atomic E-state index is 0.251.